The number of aromatic nitrogens is 2. The Balaban J connectivity index is 1.28. The number of sulfonamides is 1. The molecule has 1 saturated heterocycles. The molecule has 0 aliphatic carbocycles. The minimum Gasteiger partial charge on any atom is -0.468 e. The molecule has 0 atom stereocenters. The number of nitrogens with one attached hydrogen (secondary N) is 1. The van der Waals surface area contributed by atoms with Gasteiger partial charge in [-0.05, 0) is 48.9 Å². The van der Waals surface area contributed by atoms with E-state index in [2.05, 4.69) is 19.6 Å². The molecule has 34 heavy (non-hydrogen) atoms. The number of aryl methyl sites for hydroxylation is 1. The van der Waals surface area contributed by atoms with Gasteiger partial charge in [-0.1, -0.05) is 17.4 Å². The second kappa shape index (κ2) is 9.16. The predicted molar refractivity (Wildman–Crippen MR) is 129 cm³/mol. The van der Waals surface area contributed by atoms with Crippen LogP contribution in [-0.4, -0.2) is 55.4 Å². The Kier molecular flexibility index (Phi) is 6.07. The molecule has 1 N–H and O–H groups in total. The Bertz CT molecular complexity index is 1390. The van der Waals surface area contributed by atoms with Crippen LogP contribution in [0, 0.1) is 6.92 Å². The van der Waals surface area contributed by atoms with Crippen LogP contribution in [0.25, 0.3) is 10.3 Å². The van der Waals surface area contributed by atoms with Crippen LogP contribution in [0.15, 0.2) is 64.2 Å². The van der Waals surface area contributed by atoms with Gasteiger partial charge in [0.1, 0.15) is 16.1 Å². The Morgan fingerprint density at radius 1 is 1.15 bits per heavy atom. The van der Waals surface area contributed by atoms with Crippen LogP contribution in [-0.2, 0) is 16.6 Å². The van der Waals surface area contributed by atoms with E-state index in [1.165, 1.54) is 18.4 Å². The molecular formula is C23H23N5O4S2. The molecule has 3 aromatic heterocycles. The summed E-state index contributed by atoms with van der Waals surface area (Å²) in [6.45, 7) is 4.19. The molecule has 0 unspecified atom stereocenters. The van der Waals surface area contributed by atoms with E-state index in [1.54, 1.807) is 40.6 Å². The summed E-state index contributed by atoms with van der Waals surface area (Å²) in [5.41, 5.74) is 1.99. The Labute approximate surface area is 201 Å². The SMILES string of the molecule is Cc1ccc(S(=O)(=O)NCc2ccco2)cc1C(=O)N1CCN(c2nc3cccnc3s2)CC1. The lowest BCUT2D eigenvalue weighted by Crippen LogP contribution is -2.49. The first-order valence-electron chi connectivity index (χ1n) is 10.8. The summed E-state index contributed by atoms with van der Waals surface area (Å²) in [4.78, 5) is 27.1. The van der Waals surface area contributed by atoms with Gasteiger partial charge in [0, 0.05) is 37.9 Å². The molecule has 1 amide bonds. The van der Waals surface area contributed by atoms with Gasteiger partial charge in [0.05, 0.1) is 17.7 Å². The number of hydrogen-bond donors (Lipinski definition) is 1. The summed E-state index contributed by atoms with van der Waals surface area (Å²) in [5, 5.41) is 0.896. The van der Waals surface area contributed by atoms with E-state index in [4.69, 9.17) is 4.42 Å². The van der Waals surface area contributed by atoms with Gasteiger partial charge in [0.15, 0.2) is 5.13 Å². The normalized spacial score (nSPS) is 14.6. The fourth-order valence-electron chi connectivity index (χ4n) is 3.83. The van der Waals surface area contributed by atoms with Crippen LogP contribution in [0.3, 0.4) is 0 Å². The van der Waals surface area contributed by atoms with Gasteiger partial charge in [0.25, 0.3) is 5.91 Å². The number of carbonyl (C=O) groups is 1. The van der Waals surface area contributed by atoms with Crippen molar-refractivity contribution in [3.05, 3.63) is 71.8 Å². The second-order valence-electron chi connectivity index (χ2n) is 7.98. The third-order valence-corrected chi connectivity index (χ3v) is 8.20. The number of benzene rings is 1. The number of anilines is 1. The number of nitrogens with zero attached hydrogens (tertiary/aromatic N) is 4. The molecule has 4 heterocycles. The summed E-state index contributed by atoms with van der Waals surface area (Å²) in [6, 6.07) is 11.8. The fourth-order valence-corrected chi connectivity index (χ4v) is 5.81. The zero-order chi connectivity index (χ0) is 23.7. The van der Waals surface area contributed by atoms with Crippen molar-refractivity contribution < 1.29 is 17.6 Å². The van der Waals surface area contributed by atoms with Gasteiger partial charge in [-0.15, -0.1) is 0 Å². The lowest BCUT2D eigenvalue weighted by Gasteiger charge is -2.34. The van der Waals surface area contributed by atoms with Crippen molar-refractivity contribution in [2.45, 2.75) is 18.4 Å². The van der Waals surface area contributed by atoms with Crippen molar-refractivity contribution in [1.29, 1.82) is 0 Å². The third kappa shape index (κ3) is 4.54. The van der Waals surface area contributed by atoms with Crippen molar-refractivity contribution in [2.75, 3.05) is 31.1 Å². The highest BCUT2D eigenvalue weighted by molar-refractivity contribution is 7.89. The summed E-state index contributed by atoms with van der Waals surface area (Å²) in [7, 11) is -3.80. The van der Waals surface area contributed by atoms with Gasteiger partial charge < -0.3 is 14.2 Å². The number of thiazole rings is 1. The van der Waals surface area contributed by atoms with Crippen LogP contribution in [0.5, 0.6) is 0 Å². The van der Waals surface area contributed by atoms with Gasteiger partial charge >= 0.3 is 0 Å². The van der Waals surface area contributed by atoms with E-state index in [9.17, 15) is 13.2 Å². The van der Waals surface area contributed by atoms with Crippen molar-refractivity contribution in [1.82, 2.24) is 19.6 Å². The topological polar surface area (TPSA) is 109 Å². The highest BCUT2D eigenvalue weighted by Gasteiger charge is 2.26. The highest BCUT2D eigenvalue weighted by Crippen LogP contribution is 2.28. The molecule has 0 radical (unpaired) electrons. The number of rotatable bonds is 6. The first-order valence-corrected chi connectivity index (χ1v) is 13.1. The van der Waals surface area contributed by atoms with E-state index in [1.807, 2.05) is 19.1 Å². The maximum Gasteiger partial charge on any atom is 0.254 e. The van der Waals surface area contributed by atoms with E-state index >= 15 is 0 Å². The molecular weight excluding hydrogens is 474 g/mol. The molecule has 4 aromatic rings. The average Bonchev–Trinajstić information content (AvgIpc) is 3.52. The summed E-state index contributed by atoms with van der Waals surface area (Å²) in [5.74, 6) is 0.333. The van der Waals surface area contributed by atoms with Gasteiger partial charge in [-0.25, -0.2) is 23.1 Å². The minimum absolute atomic E-state index is 0.0374. The van der Waals surface area contributed by atoms with Crippen molar-refractivity contribution in [2.24, 2.45) is 0 Å². The highest BCUT2D eigenvalue weighted by atomic mass is 32.2. The maximum absolute atomic E-state index is 13.3. The molecule has 1 fully saturated rings. The molecule has 1 aromatic carbocycles. The summed E-state index contributed by atoms with van der Waals surface area (Å²) >= 11 is 1.54. The largest absolute Gasteiger partial charge is 0.468 e. The lowest BCUT2D eigenvalue weighted by atomic mass is 10.1. The number of pyridine rings is 1. The number of furan rings is 1. The molecule has 1 aliphatic heterocycles. The zero-order valence-electron chi connectivity index (χ0n) is 18.5. The first-order chi connectivity index (χ1) is 16.4. The number of fused-ring (bicyclic) bond motifs is 1. The number of carbonyl (C=O) groups excluding carboxylic acids is 1. The third-order valence-electron chi connectivity index (χ3n) is 5.76. The average molecular weight is 498 g/mol. The van der Waals surface area contributed by atoms with Crippen molar-refractivity contribution in [3.63, 3.8) is 0 Å². The molecule has 9 nitrogen and oxygen atoms in total. The number of piperazine rings is 1. The van der Waals surface area contributed by atoms with Crippen LogP contribution in [0.1, 0.15) is 21.7 Å². The molecule has 176 valence electrons. The number of amides is 1. The van der Waals surface area contributed by atoms with Gasteiger partial charge in [-0.2, -0.15) is 0 Å². The summed E-state index contributed by atoms with van der Waals surface area (Å²) < 4.78 is 33.2. The van der Waals surface area contributed by atoms with E-state index in [0.717, 1.165) is 21.0 Å². The molecule has 0 saturated carbocycles. The van der Waals surface area contributed by atoms with Crippen LogP contribution >= 0.6 is 11.3 Å². The van der Waals surface area contributed by atoms with Crippen LogP contribution in [0.2, 0.25) is 0 Å². The monoisotopic (exact) mass is 497 g/mol. The number of hydrogen-bond acceptors (Lipinski definition) is 8. The smallest absolute Gasteiger partial charge is 0.254 e. The van der Waals surface area contributed by atoms with E-state index in [0.29, 0.717) is 37.5 Å². The lowest BCUT2D eigenvalue weighted by molar-refractivity contribution is 0.0745. The molecule has 0 spiro atoms. The van der Waals surface area contributed by atoms with Crippen molar-refractivity contribution >= 4 is 42.7 Å². The standard InChI is InChI=1S/C23H23N5O4S2/c1-16-6-7-18(34(30,31)25-15-17-4-3-13-32-17)14-19(16)22(29)27-9-11-28(12-10-27)23-26-20-5-2-8-24-21(20)33-23/h2-8,13-14,25H,9-12,15H2,1H3. The summed E-state index contributed by atoms with van der Waals surface area (Å²) in [6.07, 6.45) is 3.24. The Morgan fingerprint density at radius 2 is 1.97 bits per heavy atom. The molecule has 1 aliphatic rings. The fraction of sp³-hybridized carbons (Fsp3) is 0.261. The quantitative estimate of drug-likeness (QED) is 0.436. The maximum atomic E-state index is 13.3. The first kappa shape index (κ1) is 22.5. The molecule has 0 bridgehead atoms. The van der Waals surface area contributed by atoms with E-state index in [-0.39, 0.29) is 17.3 Å². The van der Waals surface area contributed by atoms with E-state index < -0.39 is 10.0 Å². The molecule has 11 heteroatoms. The van der Waals surface area contributed by atoms with Crippen LogP contribution < -0.4 is 9.62 Å². The predicted octanol–water partition coefficient (Wildman–Crippen LogP) is 3.03. The van der Waals surface area contributed by atoms with Gasteiger partial charge in [-0.3, -0.25) is 4.79 Å². The Morgan fingerprint density at radius 3 is 2.71 bits per heavy atom. The minimum atomic E-state index is -3.80. The van der Waals surface area contributed by atoms with Crippen LogP contribution in [0.4, 0.5) is 5.13 Å². The van der Waals surface area contributed by atoms with Crippen molar-refractivity contribution in [3.8, 4) is 0 Å². The van der Waals surface area contributed by atoms with Gasteiger partial charge in [0.2, 0.25) is 10.0 Å². The zero-order valence-corrected chi connectivity index (χ0v) is 20.1. The molecule has 5 rings (SSSR count). The Hall–Kier alpha value is -3.28. The second-order valence-corrected chi connectivity index (χ2v) is 10.7.